The van der Waals surface area contributed by atoms with Gasteiger partial charge in [-0.05, 0) is 30.3 Å². The van der Waals surface area contributed by atoms with Crippen molar-refractivity contribution in [3.05, 3.63) is 53.6 Å². The van der Waals surface area contributed by atoms with Crippen LogP contribution < -0.4 is 19.7 Å². The molecule has 1 fully saturated rings. The maximum atomic E-state index is 12.8. The van der Waals surface area contributed by atoms with Gasteiger partial charge >= 0.3 is 6.18 Å². The Kier molecular flexibility index (Phi) is 4.81. The number of benzene rings is 2. The second-order valence-corrected chi connectivity index (χ2v) is 6.79. The molecule has 2 heterocycles. The maximum Gasteiger partial charge on any atom is 0.416 e. The van der Waals surface area contributed by atoms with E-state index in [1.165, 1.54) is 17.0 Å². The minimum atomic E-state index is -4.53. The molecule has 2 aromatic carbocycles. The molecular formula is C20H17F3N2O4. The molecule has 0 spiro atoms. The molecule has 0 unspecified atom stereocenters. The van der Waals surface area contributed by atoms with E-state index in [2.05, 4.69) is 5.32 Å². The van der Waals surface area contributed by atoms with Crippen molar-refractivity contribution in [2.75, 3.05) is 24.7 Å². The summed E-state index contributed by atoms with van der Waals surface area (Å²) in [7, 11) is 0. The van der Waals surface area contributed by atoms with E-state index >= 15 is 0 Å². The van der Waals surface area contributed by atoms with Crippen LogP contribution in [0.5, 0.6) is 11.5 Å². The Bertz CT molecular complexity index is 961. The van der Waals surface area contributed by atoms with Crippen molar-refractivity contribution in [2.45, 2.75) is 18.6 Å². The van der Waals surface area contributed by atoms with E-state index in [-0.39, 0.29) is 24.4 Å². The fourth-order valence-corrected chi connectivity index (χ4v) is 3.36. The zero-order valence-electron chi connectivity index (χ0n) is 15.2. The average molecular weight is 406 g/mol. The molecule has 0 aliphatic carbocycles. The van der Waals surface area contributed by atoms with Gasteiger partial charge in [-0.25, -0.2) is 0 Å². The molecule has 152 valence electrons. The topological polar surface area (TPSA) is 67.9 Å². The van der Waals surface area contributed by atoms with Crippen LogP contribution in [0.1, 0.15) is 22.3 Å². The van der Waals surface area contributed by atoms with Crippen LogP contribution in [0.2, 0.25) is 0 Å². The second kappa shape index (κ2) is 7.31. The lowest BCUT2D eigenvalue weighted by molar-refractivity contribution is -0.137. The zero-order chi connectivity index (χ0) is 20.6. The molecule has 4 rings (SSSR count). The van der Waals surface area contributed by atoms with Gasteiger partial charge in [0.2, 0.25) is 5.91 Å². The summed E-state index contributed by atoms with van der Waals surface area (Å²) in [6.07, 6.45) is -4.48. The van der Waals surface area contributed by atoms with E-state index in [1.807, 2.05) is 0 Å². The highest BCUT2D eigenvalue weighted by atomic mass is 19.4. The third-order valence-corrected chi connectivity index (χ3v) is 4.75. The summed E-state index contributed by atoms with van der Waals surface area (Å²) in [5, 5.41) is 2.64. The van der Waals surface area contributed by atoms with Crippen LogP contribution in [0.15, 0.2) is 42.5 Å². The molecule has 0 bridgehead atoms. The van der Waals surface area contributed by atoms with Gasteiger partial charge in [0.05, 0.1) is 11.6 Å². The lowest BCUT2D eigenvalue weighted by Crippen LogP contribution is -2.37. The van der Waals surface area contributed by atoms with E-state index in [1.54, 1.807) is 18.2 Å². The van der Waals surface area contributed by atoms with Crippen molar-refractivity contribution in [3.63, 3.8) is 0 Å². The number of hydrogen-bond acceptors (Lipinski definition) is 4. The number of nitrogens with one attached hydrogen (secondary N) is 1. The molecular weight excluding hydrogens is 389 g/mol. The van der Waals surface area contributed by atoms with Gasteiger partial charge in [-0.3, -0.25) is 9.59 Å². The predicted octanol–water partition coefficient (Wildman–Crippen LogP) is 3.01. The van der Waals surface area contributed by atoms with Gasteiger partial charge in [-0.15, -0.1) is 0 Å². The molecule has 29 heavy (non-hydrogen) atoms. The van der Waals surface area contributed by atoms with Gasteiger partial charge in [0.15, 0.2) is 11.5 Å². The van der Waals surface area contributed by atoms with Crippen LogP contribution >= 0.6 is 0 Å². The molecule has 1 saturated heterocycles. The third kappa shape index (κ3) is 3.98. The Morgan fingerprint density at radius 1 is 1.07 bits per heavy atom. The maximum absolute atomic E-state index is 12.8. The summed E-state index contributed by atoms with van der Waals surface area (Å²) >= 11 is 0. The Morgan fingerprint density at radius 2 is 1.83 bits per heavy atom. The Balaban J connectivity index is 1.45. The minimum absolute atomic E-state index is 0.0547. The SMILES string of the molecule is O=C(N[C@@H]1CC(=O)N(c2ccc3c(c2)OCCO3)C1)c1cccc(C(F)(F)F)c1. The number of halogens is 3. The number of carbonyl (C=O) groups excluding carboxylic acids is 2. The van der Waals surface area contributed by atoms with Gasteiger partial charge in [-0.1, -0.05) is 6.07 Å². The monoisotopic (exact) mass is 406 g/mol. The van der Waals surface area contributed by atoms with Gasteiger partial charge in [0.1, 0.15) is 13.2 Å². The first-order valence-corrected chi connectivity index (χ1v) is 8.99. The average Bonchev–Trinajstić information content (AvgIpc) is 3.07. The number of alkyl halides is 3. The molecule has 9 heteroatoms. The highest BCUT2D eigenvalue weighted by Gasteiger charge is 2.34. The normalized spacial score (nSPS) is 18.7. The molecule has 0 saturated carbocycles. The first-order chi connectivity index (χ1) is 13.8. The fraction of sp³-hybridized carbons (Fsp3) is 0.300. The van der Waals surface area contributed by atoms with Gasteiger partial charge in [0, 0.05) is 30.3 Å². The summed E-state index contributed by atoms with van der Waals surface area (Å²) in [6.45, 7) is 1.09. The van der Waals surface area contributed by atoms with E-state index in [9.17, 15) is 22.8 Å². The number of ether oxygens (including phenoxy) is 2. The lowest BCUT2D eigenvalue weighted by atomic mass is 10.1. The van der Waals surface area contributed by atoms with Crippen molar-refractivity contribution in [1.29, 1.82) is 0 Å². The second-order valence-electron chi connectivity index (χ2n) is 6.79. The van der Waals surface area contributed by atoms with Gasteiger partial charge in [0.25, 0.3) is 5.91 Å². The Hall–Kier alpha value is -3.23. The van der Waals surface area contributed by atoms with E-state index in [4.69, 9.17) is 9.47 Å². The highest BCUT2D eigenvalue weighted by molar-refractivity contribution is 5.99. The van der Waals surface area contributed by atoms with Crippen LogP contribution in [-0.4, -0.2) is 37.6 Å². The van der Waals surface area contributed by atoms with Crippen molar-refractivity contribution >= 4 is 17.5 Å². The number of anilines is 1. The standard InChI is InChI=1S/C20H17F3N2O4/c21-20(22,23)13-3-1-2-12(8-13)19(27)24-14-9-18(26)25(11-14)15-4-5-16-17(10-15)29-7-6-28-16/h1-5,8,10,14H,6-7,9,11H2,(H,24,27)/t14-/m1/s1. The predicted molar refractivity (Wildman–Crippen MR) is 97.1 cm³/mol. The van der Waals surface area contributed by atoms with Crippen LogP contribution in [-0.2, 0) is 11.0 Å². The number of carbonyl (C=O) groups is 2. The largest absolute Gasteiger partial charge is 0.486 e. The molecule has 2 aromatic rings. The fourth-order valence-electron chi connectivity index (χ4n) is 3.36. The quantitative estimate of drug-likeness (QED) is 0.851. The molecule has 2 amide bonds. The summed E-state index contributed by atoms with van der Waals surface area (Å²) in [6, 6.07) is 8.80. The molecule has 1 atom stereocenters. The van der Waals surface area contributed by atoms with Crippen LogP contribution in [0, 0.1) is 0 Å². The van der Waals surface area contributed by atoms with Gasteiger partial charge < -0.3 is 19.7 Å². The molecule has 2 aliphatic heterocycles. The van der Waals surface area contributed by atoms with Crippen molar-refractivity contribution < 1.29 is 32.2 Å². The van der Waals surface area contributed by atoms with Gasteiger partial charge in [-0.2, -0.15) is 13.2 Å². The number of rotatable bonds is 3. The summed E-state index contributed by atoms with van der Waals surface area (Å²) < 4.78 is 49.5. The minimum Gasteiger partial charge on any atom is -0.486 e. The van der Waals surface area contributed by atoms with Crippen molar-refractivity contribution in [1.82, 2.24) is 5.32 Å². The number of hydrogen-bond donors (Lipinski definition) is 1. The van der Waals surface area contributed by atoms with Crippen molar-refractivity contribution in [3.8, 4) is 11.5 Å². The first kappa shape index (κ1) is 19.1. The first-order valence-electron chi connectivity index (χ1n) is 8.99. The van der Waals surface area contributed by atoms with Crippen molar-refractivity contribution in [2.24, 2.45) is 0 Å². The Labute approximate surface area is 164 Å². The summed E-state index contributed by atoms with van der Waals surface area (Å²) in [4.78, 5) is 26.3. The summed E-state index contributed by atoms with van der Waals surface area (Å²) in [5.74, 6) is 0.285. The summed E-state index contributed by atoms with van der Waals surface area (Å²) in [5.41, 5.74) is -0.398. The third-order valence-electron chi connectivity index (χ3n) is 4.75. The van der Waals surface area contributed by atoms with Crippen LogP contribution in [0.3, 0.4) is 0 Å². The molecule has 0 radical (unpaired) electrons. The van der Waals surface area contributed by atoms with E-state index in [0.717, 1.165) is 12.1 Å². The Morgan fingerprint density at radius 3 is 2.59 bits per heavy atom. The molecule has 0 aromatic heterocycles. The number of amides is 2. The molecule has 6 nitrogen and oxygen atoms in total. The molecule has 1 N–H and O–H groups in total. The molecule has 2 aliphatic rings. The smallest absolute Gasteiger partial charge is 0.416 e. The van der Waals surface area contributed by atoms with E-state index < -0.39 is 23.7 Å². The zero-order valence-corrected chi connectivity index (χ0v) is 15.2. The lowest BCUT2D eigenvalue weighted by Gasteiger charge is -2.22. The van der Waals surface area contributed by atoms with E-state index in [0.29, 0.717) is 30.4 Å². The van der Waals surface area contributed by atoms with Crippen LogP contribution in [0.25, 0.3) is 0 Å². The van der Waals surface area contributed by atoms with Crippen LogP contribution in [0.4, 0.5) is 18.9 Å². The number of fused-ring (bicyclic) bond motifs is 1. The number of nitrogens with zero attached hydrogens (tertiary/aromatic N) is 1. The highest BCUT2D eigenvalue weighted by Crippen LogP contribution is 2.35.